The van der Waals surface area contributed by atoms with E-state index in [0.717, 1.165) is 6.07 Å². The highest BCUT2D eigenvalue weighted by molar-refractivity contribution is 8.00. The Morgan fingerprint density at radius 1 is 1.27 bits per heavy atom. The minimum atomic E-state index is -4.64. The molecular formula is C26H26F6N6O2S. The Hall–Kier alpha value is -3.77. The van der Waals surface area contributed by atoms with Crippen molar-refractivity contribution in [1.29, 1.82) is 0 Å². The maximum Gasteiger partial charge on any atom is 0.447 e. The van der Waals surface area contributed by atoms with Gasteiger partial charge in [-0.15, -0.1) is 0 Å². The molecular weight excluding hydrogens is 574 g/mol. The fourth-order valence-corrected chi connectivity index (χ4v) is 4.94. The SMILES string of the molecule is CNC(=O)c1ccc(NCC#Cc2nc3c(N[C@@H]4CCN(C)C[C@@H]4F)cccn3c2SC(F)(F)F)c(OC(F)F)c1. The predicted octanol–water partition coefficient (Wildman–Crippen LogP) is 4.82. The molecule has 3 heterocycles. The highest BCUT2D eigenvalue weighted by Crippen LogP contribution is 2.39. The summed E-state index contributed by atoms with van der Waals surface area (Å²) in [5.74, 6) is 4.45. The van der Waals surface area contributed by atoms with Gasteiger partial charge >= 0.3 is 12.1 Å². The van der Waals surface area contributed by atoms with E-state index in [-0.39, 0.29) is 58.2 Å². The van der Waals surface area contributed by atoms with Gasteiger partial charge in [-0.2, -0.15) is 22.0 Å². The molecule has 2 atom stereocenters. The van der Waals surface area contributed by atoms with Gasteiger partial charge in [0.25, 0.3) is 5.91 Å². The Balaban J connectivity index is 1.60. The summed E-state index contributed by atoms with van der Waals surface area (Å²) in [7, 11) is 3.19. The quantitative estimate of drug-likeness (QED) is 0.194. The molecule has 41 heavy (non-hydrogen) atoms. The number of imidazole rings is 1. The Bertz CT molecular complexity index is 1450. The monoisotopic (exact) mass is 600 g/mol. The predicted molar refractivity (Wildman–Crippen MR) is 143 cm³/mol. The summed E-state index contributed by atoms with van der Waals surface area (Å²) >= 11 is -0.383. The molecule has 0 bridgehead atoms. The zero-order valence-corrected chi connectivity index (χ0v) is 22.7. The molecule has 1 saturated heterocycles. The van der Waals surface area contributed by atoms with Crippen LogP contribution in [0.2, 0.25) is 0 Å². The Labute approximate surface area is 235 Å². The number of thioether (sulfide) groups is 1. The van der Waals surface area contributed by atoms with Crippen LogP contribution in [0, 0.1) is 11.8 Å². The summed E-state index contributed by atoms with van der Waals surface area (Å²) in [6.07, 6.45) is 0.736. The first kappa shape index (κ1) is 30.2. The largest absolute Gasteiger partial charge is 0.447 e. The van der Waals surface area contributed by atoms with Crippen LogP contribution >= 0.6 is 11.8 Å². The molecule has 4 rings (SSSR count). The lowest BCUT2D eigenvalue weighted by molar-refractivity contribution is -0.0494. The van der Waals surface area contributed by atoms with Crippen molar-refractivity contribution in [2.24, 2.45) is 0 Å². The van der Waals surface area contributed by atoms with E-state index in [2.05, 4.69) is 37.5 Å². The van der Waals surface area contributed by atoms with E-state index in [1.54, 1.807) is 6.07 Å². The fourth-order valence-electron chi connectivity index (χ4n) is 4.28. The zero-order chi connectivity index (χ0) is 29.7. The van der Waals surface area contributed by atoms with Gasteiger partial charge in [-0.3, -0.25) is 9.20 Å². The molecule has 1 aliphatic rings. The minimum absolute atomic E-state index is 0.0852. The number of halogens is 6. The van der Waals surface area contributed by atoms with Crippen molar-refractivity contribution in [3.8, 4) is 17.6 Å². The van der Waals surface area contributed by atoms with Gasteiger partial charge < -0.3 is 25.6 Å². The third-order valence-corrected chi connectivity index (χ3v) is 6.98. The lowest BCUT2D eigenvalue weighted by Gasteiger charge is -2.33. The number of alkyl halides is 6. The Morgan fingerprint density at radius 2 is 2.05 bits per heavy atom. The van der Waals surface area contributed by atoms with Crippen molar-refractivity contribution in [3.05, 3.63) is 47.8 Å². The average Bonchev–Trinajstić information content (AvgIpc) is 3.24. The molecule has 0 spiro atoms. The van der Waals surface area contributed by atoms with E-state index in [4.69, 9.17) is 0 Å². The number of hydrogen-bond acceptors (Lipinski definition) is 7. The molecule has 8 nitrogen and oxygen atoms in total. The average molecular weight is 601 g/mol. The second kappa shape index (κ2) is 12.8. The standard InChI is InChI=1S/C26H26F6N6O2S/c1-33-23(39)15-7-8-18(21(13-15)40-25(28)29)34-10-3-5-20-24(41-26(30,31)32)38-11-4-6-19(22(38)36-20)35-17-9-12-37(2)14-16(17)27/h4,6-8,11,13,16-17,25,34-35H,9-10,12,14H2,1-2H3,(H,33,39)/t16-,17+/m0/s1. The highest BCUT2D eigenvalue weighted by atomic mass is 32.2. The molecule has 3 aromatic rings. The number of hydrogen-bond donors (Lipinski definition) is 3. The van der Waals surface area contributed by atoms with Crippen LogP contribution in [0.15, 0.2) is 41.6 Å². The number of benzene rings is 1. The number of nitrogens with zero attached hydrogens (tertiary/aromatic N) is 3. The first-order valence-corrected chi connectivity index (χ1v) is 13.2. The van der Waals surface area contributed by atoms with Crippen molar-refractivity contribution >= 4 is 34.7 Å². The number of piperidine rings is 1. The fraction of sp³-hybridized carbons (Fsp3) is 0.385. The number of nitrogens with one attached hydrogen (secondary N) is 3. The number of aromatic nitrogens is 2. The van der Waals surface area contributed by atoms with Crippen LogP contribution in [0.1, 0.15) is 22.5 Å². The van der Waals surface area contributed by atoms with Crippen LogP contribution in [0.3, 0.4) is 0 Å². The molecule has 1 amide bonds. The summed E-state index contributed by atoms with van der Waals surface area (Å²) in [4.78, 5) is 18.0. The van der Waals surface area contributed by atoms with Crippen molar-refractivity contribution in [2.45, 2.75) is 35.8 Å². The lowest BCUT2D eigenvalue weighted by Crippen LogP contribution is -2.46. The number of anilines is 2. The van der Waals surface area contributed by atoms with E-state index >= 15 is 0 Å². The number of carbonyl (C=O) groups is 1. The van der Waals surface area contributed by atoms with Crippen LogP contribution < -0.4 is 20.7 Å². The van der Waals surface area contributed by atoms with E-state index in [9.17, 15) is 31.1 Å². The summed E-state index contributed by atoms with van der Waals surface area (Å²) in [5.41, 5.74) is -4.10. The summed E-state index contributed by atoms with van der Waals surface area (Å²) in [6, 6.07) is 6.47. The van der Waals surface area contributed by atoms with Gasteiger partial charge in [-0.1, -0.05) is 5.92 Å². The molecule has 220 valence electrons. The third-order valence-electron chi connectivity index (χ3n) is 6.16. The van der Waals surface area contributed by atoms with E-state index in [1.807, 2.05) is 11.9 Å². The molecule has 1 aromatic carbocycles. The number of fused-ring (bicyclic) bond motifs is 1. The number of carbonyl (C=O) groups excluding carboxylic acids is 1. The van der Waals surface area contributed by atoms with Crippen LogP contribution in [-0.4, -0.2) is 78.3 Å². The molecule has 15 heteroatoms. The number of pyridine rings is 1. The first-order valence-electron chi connectivity index (χ1n) is 12.3. The summed E-state index contributed by atoms with van der Waals surface area (Å²) in [6.45, 7) is -2.45. The molecule has 0 saturated carbocycles. The summed E-state index contributed by atoms with van der Waals surface area (Å²) < 4.78 is 86.5. The van der Waals surface area contributed by atoms with Gasteiger partial charge in [0, 0.05) is 43.7 Å². The molecule has 2 aromatic heterocycles. The number of likely N-dealkylation sites (tertiary alicyclic amines) is 1. The maximum absolute atomic E-state index is 14.6. The molecule has 1 aliphatic heterocycles. The Kier molecular flexibility index (Phi) is 9.44. The third kappa shape index (κ3) is 7.70. The Morgan fingerprint density at radius 3 is 2.73 bits per heavy atom. The number of amides is 1. The summed E-state index contributed by atoms with van der Waals surface area (Å²) in [5, 5.41) is 7.94. The van der Waals surface area contributed by atoms with Crippen molar-refractivity contribution in [2.75, 3.05) is 44.4 Å². The molecule has 0 radical (unpaired) electrons. The van der Waals surface area contributed by atoms with Gasteiger partial charge in [0.1, 0.15) is 22.6 Å². The highest BCUT2D eigenvalue weighted by Gasteiger charge is 2.34. The first-order chi connectivity index (χ1) is 19.4. The van der Waals surface area contributed by atoms with Crippen LogP contribution in [-0.2, 0) is 0 Å². The van der Waals surface area contributed by atoms with E-state index < -0.39 is 30.2 Å². The van der Waals surface area contributed by atoms with Crippen molar-refractivity contribution < 1.29 is 35.9 Å². The van der Waals surface area contributed by atoms with E-state index in [0.29, 0.717) is 18.7 Å². The van der Waals surface area contributed by atoms with Gasteiger partial charge in [-0.25, -0.2) is 9.37 Å². The van der Waals surface area contributed by atoms with Gasteiger partial charge in [-0.05, 0) is 49.7 Å². The molecule has 0 aliphatic carbocycles. The number of ether oxygens (including phenoxy) is 1. The van der Waals surface area contributed by atoms with Gasteiger partial charge in [0.05, 0.1) is 24.0 Å². The second-order valence-electron chi connectivity index (χ2n) is 9.07. The van der Waals surface area contributed by atoms with Crippen molar-refractivity contribution in [3.63, 3.8) is 0 Å². The smallest absolute Gasteiger partial charge is 0.433 e. The number of rotatable bonds is 8. The van der Waals surface area contributed by atoms with Crippen LogP contribution in [0.5, 0.6) is 5.75 Å². The van der Waals surface area contributed by atoms with E-state index in [1.165, 1.54) is 35.8 Å². The second-order valence-corrected chi connectivity index (χ2v) is 10.1. The molecule has 0 unspecified atom stereocenters. The van der Waals surface area contributed by atoms with Crippen LogP contribution in [0.25, 0.3) is 5.65 Å². The maximum atomic E-state index is 14.6. The lowest BCUT2D eigenvalue weighted by atomic mass is 10.0. The minimum Gasteiger partial charge on any atom is -0.433 e. The van der Waals surface area contributed by atoms with Crippen LogP contribution in [0.4, 0.5) is 37.7 Å². The molecule has 3 N–H and O–H groups in total. The van der Waals surface area contributed by atoms with Gasteiger partial charge in [0.2, 0.25) is 0 Å². The normalized spacial score (nSPS) is 17.7. The topological polar surface area (TPSA) is 82.9 Å². The van der Waals surface area contributed by atoms with Crippen molar-refractivity contribution in [1.82, 2.24) is 19.6 Å². The zero-order valence-electron chi connectivity index (χ0n) is 21.9. The molecule has 1 fully saturated rings. The van der Waals surface area contributed by atoms with Gasteiger partial charge in [0.15, 0.2) is 5.65 Å².